The lowest BCUT2D eigenvalue weighted by Crippen LogP contribution is -2.51. The Bertz CT molecular complexity index is 309. The Balaban J connectivity index is 2.72. The summed E-state index contributed by atoms with van der Waals surface area (Å²) in [5.41, 5.74) is -1.13. The van der Waals surface area contributed by atoms with Gasteiger partial charge in [-0.25, -0.2) is 9.59 Å². The van der Waals surface area contributed by atoms with Crippen LogP contribution in [0.5, 0.6) is 0 Å². The van der Waals surface area contributed by atoms with Crippen LogP contribution < -0.4 is 5.32 Å². The van der Waals surface area contributed by atoms with Gasteiger partial charge < -0.3 is 9.47 Å². The second kappa shape index (κ2) is 5.80. The minimum absolute atomic E-state index is 0.275. The molecule has 1 saturated heterocycles. The average molecular weight is 227 g/mol. The maximum atomic E-state index is 11.8. The van der Waals surface area contributed by atoms with E-state index in [4.69, 9.17) is 9.47 Å². The lowest BCUT2D eigenvalue weighted by molar-refractivity contribution is -0.166. The minimum atomic E-state index is -1.41. The fourth-order valence-corrected chi connectivity index (χ4v) is 1.65. The van der Waals surface area contributed by atoms with E-state index in [-0.39, 0.29) is 5.57 Å². The van der Waals surface area contributed by atoms with Gasteiger partial charge in [0.2, 0.25) is 0 Å². The third-order valence-corrected chi connectivity index (χ3v) is 2.62. The average Bonchev–Trinajstić information content (AvgIpc) is 2.73. The molecule has 1 heterocycles. The molecule has 0 amide bonds. The zero-order valence-corrected chi connectivity index (χ0v) is 9.67. The molecule has 5 heteroatoms. The summed E-state index contributed by atoms with van der Waals surface area (Å²) in [6, 6.07) is 0. The highest BCUT2D eigenvalue weighted by molar-refractivity contribution is 5.87. The van der Waals surface area contributed by atoms with Crippen molar-refractivity contribution >= 4 is 11.9 Å². The molecule has 5 nitrogen and oxygen atoms in total. The van der Waals surface area contributed by atoms with Crippen molar-refractivity contribution < 1.29 is 19.1 Å². The molecule has 16 heavy (non-hydrogen) atoms. The highest BCUT2D eigenvalue weighted by atomic mass is 16.6. The smallest absolute Gasteiger partial charge is 0.359 e. The van der Waals surface area contributed by atoms with Crippen molar-refractivity contribution in [3.8, 4) is 0 Å². The van der Waals surface area contributed by atoms with E-state index in [2.05, 4.69) is 5.32 Å². The van der Waals surface area contributed by atoms with Crippen LogP contribution in [-0.2, 0) is 19.1 Å². The quantitative estimate of drug-likeness (QED) is 0.419. The van der Waals surface area contributed by atoms with E-state index in [9.17, 15) is 9.59 Å². The first-order valence-electron chi connectivity index (χ1n) is 5.43. The predicted octanol–water partition coefficient (Wildman–Crippen LogP) is 0.424. The molecule has 90 valence electrons. The molecule has 0 radical (unpaired) electrons. The molecular weight excluding hydrogens is 210 g/mol. The van der Waals surface area contributed by atoms with Gasteiger partial charge in [-0.1, -0.05) is 13.3 Å². The van der Waals surface area contributed by atoms with Gasteiger partial charge in [-0.2, -0.15) is 0 Å². The number of unbranched alkanes of at least 4 members (excludes halogenated alkanes) is 1. The zero-order valence-electron chi connectivity index (χ0n) is 9.67. The highest BCUT2D eigenvalue weighted by Gasteiger charge is 2.48. The highest BCUT2D eigenvalue weighted by Crippen LogP contribution is 2.26. The van der Waals surface area contributed by atoms with Crippen molar-refractivity contribution in [2.24, 2.45) is 0 Å². The first-order chi connectivity index (χ1) is 7.71. The molecule has 1 fully saturated rings. The Morgan fingerprint density at radius 3 is 2.94 bits per heavy atom. The van der Waals surface area contributed by atoms with Crippen molar-refractivity contribution in [1.82, 2.24) is 5.32 Å². The molecule has 0 aromatic carbocycles. The standard InChI is InChI=1S/C11H17NO4/c1-3-4-7-16-10(14)11(15-2)9(8-13)5-6-12-11/h12H,3-7H2,1-2H3/t11-/m1/s1. The fourth-order valence-electron chi connectivity index (χ4n) is 1.65. The van der Waals surface area contributed by atoms with Gasteiger partial charge >= 0.3 is 5.97 Å². The molecule has 1 aliphatic rings. The van der Waals surface area contributed by atoms with Crippen LogP contribution in [0.2, 0.25) is 0 Å². The van der Waals surface area contributed by atoms with Gasteiger partial charge in [-0.3, -0.25) is 5.32 Å². The van der Waals surface area contributed by atoms with Gasteiger partial charge in [0.05, 0.1) is 12.2 Å². The van der Waals surface area contributed by atoms with Crippen molar-refractivity contribution in [1.29, 1.82) is 0 Å². The van der Waals surface area contributed by atoms with Crippen LogP contribution in [0.4, 0.5) is 0 Å². The third-order valence-electron chi connectivity index (χ3n) is 2.62. The van der Waals surface area contributed by atoms with Crippen molar-refractivity contribution in [3.63, 3.8) is 0 Å². The number of methoxy groups -OCH3 is 1. The van der Waals surface area contributed by atoms with Gasteiger partial charge in [0.25, 0.3) is 5.72 Å². The topological polar surface area (TPSA) is 64.6 Å². The predicted molar refractivity (Wildman–Crippen MR) is 57.4 cm³/mol. The zero-order chi connectivity index (χ0) is 12.0. The number of carbonyl (C=O) groups is 1. The Labute approximate surface area is 94.8 Å². The lowest BCUT2D eigenvalue weighted by atomic mass is 10.1. The maximum Gasteiger partial charge on any atom is 0.359 e. The molecule has 0 aliphatic carbocycles. The summed E-state index contributed by atoms with van der Waals surface area (Å²) >= 11 is 0. The summed E-state index contributed by atoms with van der Waals surface area (Å²) < 4.78 is 10.2. The summed E-state index contributed by atoms with van der Waals surface area (Å²) in [6.07, 6.45) is 2.20. The van der Waals surface area contributed by atoms with Crippen LogP contribution >= 0.6 is 0 Å². The van der Waals surface area contributed by atoms with Crippen LogP contribution in [-0.4, -0.2) is 37.9 Å². The molecule has 1 N–H and O–H groups in total. The van der Waals surface area contributed by atoms with E-state index < -0.39 is 11.7 Å². The second-order valence-corrected chi connectivity index (χ2v) is 3.63. The van der Waals surface area contributed by atoms with Crippen LogP contribution in [0.25, 0.3) is 0 Å². The molecule has 1 rings (SSSR count). The molecule has 0 aromatic rings. The lowest BCUT2D eigenvalue weighted by Gasteiger charge is -2.25. The van der Waals surface area contributed by atoms with E-state index in [1.54, 1.807) is 5.94 Å². The van der Waals surface area contributed by atoms with Crippen LogP contribution in [0.1, 0.15) is 26.2 Å². The summed E-state index contributed by atoms with van der Waals surface area (Å²) in [7, 11) is 1.37. The summed E-state index contributed by atoms with van der Waals surface area (Å²) in [4.78, 5) is 22.6. The monoisotopic (exact) mass is 227 g/mol. The van der Waals surface area contributed by atoms with Crippen LogP contribution in [0.15, 0.2) is 5.57 Å². The fraction of sp³-hybridized carbons (Fsp3) is 0.727. The van der Waals surface area contributed by atoms with Crippen molar-refractivity contribution in [3.05, 3.63) is 5.57 Å². The summed E-state index contributed by atoms with van der Waals surface area (Å²) in [6.45, 7) is 2.86. The summed E-state index contributed by atoms with van der Waals surface area (Å²) in [5.74, 6) is 1.20. The molecule has 0 unspecified atom stereocenters. The van der Waals surface area contributed by atoms with Crippen LogP contribution in [0.3, 0.4) is 0 Å². The molecule has 1 atom stereocenters. The molecule has 0 aromatic heterocycles. The van der Waals surface area contributed by atoms with Gasteiger partial charge in [0, 0.05) is 13.7 Å². The van der Waals surface area contributed by atoms with Gasteiger partial charge in [-0.05, 0) is 12.8 Å². The first-order valence-corrected chi connectivity index (χ1v) is 5.43. The van der Waals surface area contributed by atoms with Crippen LogP contribution in [0, 0.1) is 0 Å². The number of nitrogens with one attached hydrogen (secondary N) is 1. The molecular formula is C11H17NO4. The van der Waals surface area contributed by atoms with E-state index in [1.165, 1.54) is 7.11 Å². The normalized spacial score (nSPS) is 24.2. The minimum Gasteiger partial charge on any atom is -0.462 e. The third kappa shape index (κ3) is 2.32. The molecule has 0 bridgehead atoms. The van der Waals surface area contributed by atoms with Gasteiger partial charge in [-0.15, -0.1) is 0 Å². The number of carbonyl (C=O) groups excluding carboxylic acids is 2. The number of esters is 1. The Hall–Kier alpha value is -1.16. The van der Waals surface area contributed by atoms with E-state index in [1.807, 2.05) is 6.92 Å². The Morgan fingerprint density at radius 2 is 2.38 bits per heavy atom. The molecule has 0 spiro atoms. The number of hydrogen-bond acceptors (Lipinski definition) is 5. The van der Waals surface area contributed by atoms with Crippen molar-refractivity contribution in [2.45, 2.75) is 31.9 Å². The Kier molecular flexibility index (Phi) is 4.68. The Morgan fingerprint density at radius 1 is 1.62 bits per heavy atom. The largest absolute Gasteiger partial charge is 0.462 e. The number of ether oxygens (including phenoxy) is 2. The van der Waals surface area contributed by atoms with Crippen molar-refractivity contribution in [2.75, 3.05) is 20.3 Å². The molecule has 0 saturated carbocycles. The number of rotatable bonds is 5. The first kappa shape index (κ1) is 12.9. The SMILES string of the molecule is CCCCOC(=O)[C@@]1(OC)NCCC1=C=O. The van der Waals surface area contributed by atoms with E-state index >= 15 is 0 Å². The number of hydrogen-bond donors (Lipinski definition) is 1. The second-order valence-electron chi connectivity index (χ2n) is 3.63. The molecule has 1 aliphatic heterocycles. The van der Waals surface area contributed by atoms with Gasteiger partial charge in [0.1, 0.15) is 5.94 Å². The van der Waals surface area contributed by atoms with Gasteiger partial charge in [0.15, 0.2) is 0 Å². The maximum absolute atomic E-state index is 11.8. The van der Waals surface area contributed by atoms with E-state index in [0.717, 1.165) is 12.8 Å². The summed E-state index contributed by atoms with van der Waals surface area (Å²) in [5, 5.41) is 2.85. The van der Waals surface area contributed by atoms with E-state index in [0.29, 0.717) is 19.6 Å².